The maximum absolute atomic E-state index is 12.7. The molecule has 0 fully saturated rings. The van der Waals surface area contributed by atoms with E-state index in [2.05, 4.69) is 10.6 Å². The minimum Gasteiger partial charge on any atom is -0.497 e. The number of para-hydroxylation sites is 2. The van der Waals surface area contributed by atoms with Crippen LogP contribution in [0.3, 0.4) is 0 Å². The second-order valence-electron chi connectivity index (χ2n) is 7.87. The molecule has 0 atom stereocenters. The van der Waals surface area contributed by atoms with E-state index in [0.29, 0.717) is 37.2 Å². The molecule has 0 aliphatic heterocycles. The number of nitrogens with one attached hydrogen (secondary N) is 2. The van der Waals surface area contributed by atoms with Gasteiger partial charge in [0.05, 0.1) is 25.0 Å². The molecule has 0 aromatic heterocycles. The topological polar surface area (TPSA) is 103 Å². The van der Waals surface area contributed by atoms with Gasteiger partial charge in [-0.25, -0.2) is 0 Å². The molecule has 36 heavy (non-hydrogen) atoms. The molecule has 3 aromatic carbocycles. The number of hydrogen-bond acceptors (Lipinski definition) is 6. The quantitative estimate of drug-likeness (QED) is 0.277. The zero-order chi connectivity index (χ0) is 25.6. The van der Waals surface area contributed by atoms with E-state index < -0.39 is 18.5 Å². The Labute approximate surface area is 210 Å². The number of ether oxygens (including phenoxy) is 3. The number of rotatable bonds is 13. The SMILES string of the molecule is COc1ccc(CCNC(=O)c2ccccc2NC(=O)COC(=O)CCCOc2ccccc2)cc1. The van der Waals surface area contributed by atoms with E-state index in [1.807, 2.05) is 54.6 Å². The van der Waals surface area contributed by atoms with Gasteiger partial charge in [-0.2, -0.15) is 0 Å². The zero-order valence-electron chi connectivity index (χ0n) is 20.2. The van der Waals surface area contributed by atoms with E-state index in [-0.39, 0.29) is 12.3 Å². The van der Waals surface area contributed by atoms with Gasteiger partial charge in [0.15, 0.2) is 6.61 Å². The molecule has 2 amide bonds. The second kappa shape index (κ2) is 14.2. The third kappa shape index (κ3) is 8.79. The maximum Gasteiger partial charge on any atom is 0.306 e. The highest BCUT2D eigenvalue weighted by Gasteiger charge is 2.14. The van der Waals surface area contributed by atoms with Crippen LogP contribution in [0.5, 0.6) is 11.5 Å². The molecule has 3 aromatic rings. The molecule has 0 heterocycles. The highest BCUT2D eigenvalue weighted by Crippen LogP contribution is 2.16. The van der Waals surface area contributed by atoms with Crippen molar-refractivity contribution in [2.75, 3.05) is 32.2 Å². The van der Waals surface area contributed by atoms with E-state index in [1.54, 1.807) is 31.4 Å². The largest absolute Gasteiger partial charge is 0.497 e. The Morgan fingerprint density at radius 1 is 0.833 bits per heavy atom. The first-order valence-electron chi connectivity index (χ1n) is 11.7. The fraction of sp³-hybridized carbons (Fsp3) is 0.250. The summed E-state index contributed by atoms with van der Waals surface area (Å²) in [5, 5.41) is 5.50. The fourth-order valence-corrected chi connectivity index (χ4v) is 3.33. The number of anilines is 1. The van der Waals surface area contributed by atoms with E-state index in [9.17, 15) is 14.4 Å². The normalized spacial score (nSPS) is 10.2. The lowest BCUT2D eigenvalue weighted by atomic mass is 10.1. The lowest BCUT2D eigenvalue weighted by molar-refractivity contribution is -0.147. The average molecular weight is 491 g/mol. The van der Waals surface area contributed by atoms with E-state index in [4.69, 9.17) is 14.2 Å². The number of benzene rings is 3. The molecular weight excluding hydrogens is 460 g/mol. The first kappa shape index (κ1) is 26.3. The van der Waals surface area contributed by atoms with Crippen molar-refractivity contribution in [1.82, 2.24) is 5.32 Å². The summed E-state index contributed by atoms with van der Waals surface area (Å²) in [6.45, 7) is 0.358. The van der Waals surface area contributed by atoms with Crippen LogP contribution >= 0.6 is 0 Å². The molecule has 0 spiro atoms. The molecule has 188 valence electrons. The van der Waals surface area contributed by atoms with E-state index in [0.717, 1.165) is 17.1 Å². The third-order valence-electron chi connectivity index (χ3n) is 5.21. The van der Waals surface area contributed by atoms with Crippen molar-refractivity contribution in [3.63, 3.8) is 0 Å². The van der Waals surface area contributed by atoms with Crippen molar-refractivity contribution in [1.29, 1.82) is 0 Å². The molecular formula is C28H30N2O6. The minimum atomic E-state index is -0.526. The zero-order valence-corrected chi connectivity index (χ0v) is 20.2. The number of amides is 2. The van der Waals surface area contributed by atoms with Gasteiger partial charge in [-0.1, -0.05) is 42.5 Å². The minimum absolute atomic E-state index is 0.132. The molecule has 0 saturated heterocycles. The molecule has 0 unspecified atom stereocenters. The van der Waals surface area contributed by atoms with Crippen molar-refractivity contribution < 1.29 is 28.6 Å². The monoisotopic (exact) mass is 490 g/mol. The smallest absolute Gasteiger partial charge is 0.306 e. The van der Waals surface area contributed by atoms with Gasteiger partial charge in [-0.3, -0.25) is 14.4 Å². The van der Waals surface area contributed by atoms with Gasteiger partial charge in [-0.15, -0.1) is 0 Å². The Balaban J connectivity index is 1.39. The summed E-state index contributed by atoms with van der Waals surface area (Å²) >= 11 is 0. The highest BCUT2D eigenvalue weighted by atomic mass is 16.5. The predicted octanol–water partition coefficient (Wildman–Crippen LogP) is 4.01. The summed E-state index contributed by atoms with van der Waals surface area (Å²) in [4.78, 5) is 36.9. The lowest BCUT2D eigenvalue weighted by Crippen LogP contribution is -2.28. The van der Waals surface area contributed by atoms with Crippen LogP contribution in [0.25, 0.3) is 0 Å². The third-order valence-corrected chi connectivity index (χ3v) is 5.21. The number of esters is 1. The summed E-state index contributed by atoms with van der Waals surface area (Å²) in [6, 6.07) is 23.6. The molecule has 0 aliphatic rings. The molecule has 8 nitrogen and oxygen atoms in total. The summed E-state index contributed by atoms with van der Waals surface area (Å²) in [6.07, 6.45) is 1.25. The van der Waals surface area contributed by atoms with Crippen LogP contribution in [-0.4, -0.2) is 44.7 Å². The van der Waals surface area contributed by atoms with Gasteiger partial charge in [0.2, 0.25) is 0 Å². The van der Waals surface area contributed by atoms with Crippen LogP contribution in [-0.2, 0) is 20.7 Å². The van der Waals surface area contributed by atoms with Crippen LogP contribution < -0.4 is 20.1 Å². The van der Waals surface area contributed by atoms with Crippen LogP contribution in [0, 0.1) is 0 Å². The van der Waals surface area contributed by atoms with E-state index in [1.165, 1.54) is 0 Å². The van der Waals surface area contributed by atoms with Crippen molar-refractivity contribution in [2.45, 2.75) is 19.3 Å². The lowest BCUT2D eigenvalue weighted by Gasteiger charge is -2.12. The van der Waals surface area contributed by atoms with Crippen LogP contribution in [0.4, 0.5) is 5.69 Å². The van der Waals surface area contributed by atoms with E-state index >= 15 is 0 Å². The van der Waals surface area contributed by atoms with Crippen LogP contribution in [0.1, 0.15) is 28.8 Å². The van der Waals surface area contributed by atoms with Gasteiger partial charge in [0.25, 0.3) is 11.8 Å². The Morgan fingerprint density at radius 3 is 2.31 bits per heavy atom. The van der Waals surface area contributed by atoms with Gasteiger partial charge >= 0.3 is 5.97 Å². The molecule has 0 bridgehead atoms. The van der Waals surface area contributed by atoms with Gasteiger partial charge in [-0.05, 0) is 54.8 Å². The average Bonchev–Trinajstić information content (AvgIpc) is 2.91. The first-order valence-corrected chi connectivity index (χ1v) is 11.7. The second-order valence-corrected chi connectivity index (χ2v) is 7.87. The molecule has 0 radical (unpaired) electrons. The number of hydrogen-bond donors (Lipinski definition) is 2. The molecule has 0 saturated carbocycles. The van der Waals surface area contributed by atoms with Crippen molar-refractivity contribution in [3.8, 4) is 11.5 Å². The van der Waals surface area contributed by atoms with Gasteiger partial charge in [0, 0.05) is 13.0 Å². The summed E-state index contributed by atoms with van der Waals surface area (Å²) < 4.78 is 15.7. The van der Waals surface area contributed by atoms with Crippen molar-refractivity contribution in [2.24, 2.45) is 0 Å². The number of carbonyl (C=O) groups excluding carboxylic acids is 3. The summed E-state index contributed by atoms with van der Waals surface area (Å²) in [5.41, 5.74) is 1.73. The number of carbonyl (C=O) groups is 3. The highest BCUT2D eigenvalue weighted by molar-refractivity contribution is 6.04. The fourth-order valence-electron chi connectivity index (χ4n) is 3.33. The van der Waals surface area contributed by atoms with Crippen molar-refractivity contribution in [3.05, 3.63) is 90.0 Å². The predicted molar refractivity (Wildman–Crippen MR) is 136 cm³/mol. The standard InChI is InChI=1S/C28H30N2O6/c1-34-22-15-13-21(14-16-22)17-18-29-28(33)24-10-5-6-11-25(24)30-26(31)20-36-27(32)12-7-19-35-23-8-3-2-4-9-23/h2-6,8-11,13-16H,7,12,17-20H2,1H3,(H,29,33)(H,30,31). The molecule has 0 aliphatic carbocycles. The van der Waals surface area contributed by atoms with Gasteiger partial charge < -0.3 is 24.8 Å². The Morgan fingerprint density at radius 2 is 1.56 bits per heavy atom. The Bertz CT molecular complexity index is 1130. The van der Waals surface area contributed by atoms with Crippen LogP contribution in [0.15, 0.2) is 78.9 Å². The first-order chi connectivity index (χ1) is 17.5. The summed E-state index contributed by atoms with van der Waals surface area (Å²) in [7, 11) is 1.61. The van der Waals surface area contributed by atoms with Crippen LogP contribution in [0.2, 0.25) is 0 Å². The van der Waals surface area contributed by atoms with Gasteiger partial charge in [0.1, 0.15) is 11.5 Å². The van der Waals surface area contributed by atoms with Crippen molar-refractivity contribution >= 4 is 23.5 Å². The molecule has 2 N–H and O–H groups in total. The number of methoxy groups -OCH3 is 1. The maximum atomic E-state index is 12.7. The molecule has 3 rings (SSSR count). The Hall–Kier alpha value is -4.33. The summed E-state index contributed by atoms with van der Waals surface area (Å²) in [5.74, 6) is 0.174. The Kier molecular flexibility index (Phi) is 10.3. The molecule has 8 heteroatoms.